The van der Waals surface area contributed by atoms with Gasteiger partial charge in [-0.15, -0.1) is 0 Å². The van der Waals surface area contributed by atoms with Crippen LogP contribution in [0.3, 0.4) is 0 Å². The topological polar surface area (TPSA) is 0 Å². The molecular formula is F6MgSi-2. The monoisotopic (exact) mass is 166 g/mol. The molecule has 0 spiro atoms. The van der Waals surface area contributed by atoms with E-state index in [1.807, 2.05) is 0 Å². The van der Waals surface area contributed by atoms with Gasteiger partial charge in [-0.05, 0) is 0 Å². The van der Waals surface area contributed by atoms with E-state index in [2.05, 4.69) is 0 Å². The third kappa shape index (κ3) is 641. The molecule has 0 aliphatic rings. The molecule has 8 heteroatoms. The molecular weight excluding hydrogens is 166 g/mol. The molecule has 8 heavy (non-hydrogen) atoms. The van der Waals surface area contributed by atoms with Crippen molar-refractivity contribution in [2.75, 3.05) is 0 Å². The summed E-state index contributed by atoms with van der Waals surface area (Å²) in [6.45, 7) is 0. The van der Waals surface area contributed by atoms with Crippen molar-refractivity contribution >= 4 is 31.7 Å². The van der Waals surface area contributed by atoms with E-state index in [9.17, 15) is 24.6 Å². The summed E-state index contributed by atoms with van der Waals surface area (Å²) in [6.07, 6.45) is 0. The van der Waals surface area contributed by atoms with Crippen molar-refractivity contribution in [2.45, 2.75) is 0 Å². The maximum Gasteiger partial charge on any atom is 0 e. The maximum absolute atomic E-state index is 10.8. The van der Waals surface area contributed by atoms with E-state index in [1.54, 1.807) is 0 Å². The minimum absolute atomic E-state index is 0. The number of halogens is 6. The molecule has 0 atom stereocenters. The zero-order valence-corrected chi connectivity index (χ0v) is 5.89. The third-order valence-corrected chi connectivity index (χ3v) is 0. The van der Waals surface area contributed by atoms with Crippen LogP contribution in [-0.4, -0.2) is 31.7 Å². The van der Waals surface area contributed by atoms with Crippen LogP contribution in [0, 0.1) is 0 Å². The van der Waals surface area contributed by atoms with Gasteiger partial charge in [0.2, 0.25) is 0 Å². The molecule has 0 saturated carbocycles. The quantitative estimate of drug-likeness (QED) is 0.292. The van der Waals surface area contributed by atoms with Crippen molar-refractivity contribution in [3.8, 4) is 0 Å². The van der Waals surface area contributed by atoms with Crippen LogP contribution in [0.2, 0.25) is 0 Å². The predicted molar refractivity (Wildman–Crippen MR) is 18.2 cm³/mol. The van der Waals surface area contributed by atoms with Crippen molar-refractivity contribution in [3.63, 3.8) is 0 Å². The Labute approximate surface area is 56.9 Å². The van der Waals surface area contributed by atoms with E-state index in [-0.39, 0.29) is 23.1 Å². The van der Waals surface area contributed by atoms with Crippen molar-refractivity contribution in [3.05, 3.63) is 0 Å². The zero-order valence-electron chi connectivity index (χ0n) is 3.47. The Bertz CT molecular complexity index is 67.1. The molecule has 0 saturated heterocycles. The van der Waals surface area contributed by atoms with Crippen LogP contribution >= 0.6 is 0 Å². The molecule has 0 N–H and O–H groups in total. The van der Waals surface area contributed by atoms with E-state index in [0.29, 0.717) is 0 Å². The van der Waals surface area contributed by atoms with Crippen LogP contribution in [0.15, 0.2) is 0 Å². The van der Waals surface area contributed by atoms with Crippen LogP contribution in [-0.2, 0) is 0 Å². The molecule has 0 aromatic heterocycles. The second-order valence-corrected chi connectivity index (χ2v) is 3.21. The third-order valence-electron chi connectivity index (χ3n) is 0. The summed E-state index contributed by atoms with van der Waals surface area (Å²) < 4.78 is 59.3. The first kappa shape index (κ1) is 11.4. The Balaban J connectivity index is 0. The number of rotatable bonds is 0. The van der Waals surface area contributed by atoms with E-state index in [4.69, 9.17) is 0 Å². The molecule has 0 aromatic rings. The fourth-order valence-electron chi connectivity index (χ4n) is 0. The van der Waals surface area contributed by atoms with E-state index in [1.165, 1.54) is 0 Å². The maximum atomic E-state index is 9.88. The molecule has 2 radical (unpaired) electrons. The van der Waals surface area contributed by atoms with E-state index < -0.39 is 8.63 Å². The van der Waals surface area contributed by atoms with Gasteiger partial charge >= 0.3 is 33.3 Å². The van der Waals surface area contributed by atoms with Gasteiger partial charge < -0.3 is 0 Å². The second-order valence-electron chi connectivity index (χ2n) is 1.07. The molecule has 0 aromatic carbocycles. The largest absolute Gasteiger partial charge is 0 e. The average Bonchev–Trinajstić information content (AvgIpc) is 0.592. The first-order valence-electron chi connectivity index (χ1n) is 1.13. The molecule has 0 aliphatic carbocycles. The summed E-state index contributed by atoms with van der Waals surface area (Å²) in [5, 5.41) is 0. The number of hydrogen-bond acceptors (Lipinski definition) is 0. The molecule has 0 fully saturated rings. The normalized spacial score (nSPS) is 20.2. The van der Waals surface area contributed by atoms with Crippen LogP contribution < -0.4 is 0 Å². The van der Waals surface area contributed by atoms with Crippen molar-refractivity contribution < 1.29 is 24.6 Å². The molecule has 0 rings (SSSR count). The molecule has 0 nitrogen and oxygen atoms in total. The van der Waals surface area contributed by atoms with Crippen molar-refractivity contribution in [2.24, 2.45) is 0 Å². The number of hydrogen-bond donors (Lipinski definition) is 0. The average molecular weight is 166 g/mol. The van der Waals surface area contributed by atoms with Crippen molar-refractivity contribution in [1.82, 2.24) is 0 Å². The van der Waals surface area contributed by atoms with Crippen molar-refractivity contribution in [1.29, 1.82) is 0 Å². The first-order chi connectivity index (χ1) is 2.45. The molecule has 50 valence electrons. The van der Waals surface area contributed by atoms with Gasteiger partial charge in [-0.25, -0.2) is 0 Å². The van der Waals surface area contributed by atoms with Gasteiger partial charge in [0.25, 0.3) is 0 Å². The van der Waals surface area contributed by atoms with Crippen LogP contribution in [0.25, 0.3) is 0 Å². The van der Waals surface area contributed by atoms with Gasteiger partial charge in [0.1, 0.15) is 0 Å². The fourth-order valence-corrected chi connectivity index (χ4v) is 0. The minimum Gasteiger partial charge on any atom is 0 e. The smallest absolute Gasteiger partial charge is 0 e. The summed E-state index contributed by atoms with van der Waals surface area (Å²) in [5.74, 6) is 0. The molecule has 0 unspecified atom stereocenters. The molecule has 0 bridgehead atoms. The predicted octanol–water partition coefficient (Wildman–Crippen LogP) is 1.76. The minimum atomic E-state index is -10.8. The van der Waals surface area contributed by atoms with Gasteiger partial charge in [0.15, 0.2) is 0 Å². The van der Waals surface area contributed by atoms with Gasteiger partial charge in [0, 0.05) is 23.1 Å². The standard InChI is InChI=1S/F6Si.Mg/c1-7(2,3,4,5)6;/q-2;. The Hall–Kier alpha value is 0.563. The fraction of sp³-hybridized carbons (Fsp3) is 0. The summed E-state index contributed by atoms with van der Waals surface area (Å²) >= 11 is 0. The Morgan fingerprint density at radius 1 is 0.625 bits per heavy atom. The summed E-state index contributed by atoms with van der Waals surface area (Å²) in [5.41, 5.74) is 0. The Kier molecular flexibility index (Phi) is 1.91. The van der Waals surface area contributed by atoms with Gasteiger partial charge in [0.05, 0.1) is 0 Å². The van der Waals surface area contributed by atoms with Crippen LogP contribution in [0.5, 0.6) is 0 Å². The van der Waals surface area contributed by atoms with E-state index >= 15 is 0 Å². The van der Waals surface area contributed by atoms with Gasteiger partial charge in [-0.3, -0.25) is 0 Å². The van der Waals surface area contributed by atoms with E-state index in [0.717, 1.165) is 0 Å². The Morgan fingerprint density at radius 2 is 0.625 bits per heavy atom. The summed E-state index contributed by atoms with van der Waals surface area (Å²) in [4.78, 5) is 0. The van der Waals surface area contributed by atoms with Crippen LogP contribution in [0.4, 0.5) is 24.6 Å². The first-order valence-corrected chi connectivity index (χ1v) is 3.40. The second kappa shape index (κ2) is 1.35. The molecule has 0 heterocycles. The van der Waals surface area contributed by atoms with Crippen LogP contribution in [0.1, 0.15) is 0 Å². The van der Waals surface area contributed by atoms with Gasteiger partial charge in [-0.1, -0.05) is 0 Å². The molecule has 0 aliphatic heterocycles. The Morgan fingerprint density at radius 3 is 0.625 bits per heavy atom. The van der Waals surface area contributed by atoms with Gasteiger partial charge in [-0.2, -0.15) is 0 Å². The SMILES string of the molecule is F[Si-2](F)(F)(F)(F)F.[Mg]. The zero-order chi connectivity index (χ0) is 6.41. The molecule has 0 amide bonds. The summed E-state index contributed by atoms with van der Waals surface area (Å²) in [6, 6.07) is 0. The summed E-state index contributed by atoms with van der Waals surface area (Å²) in [7, 11) is -10.8.